The molecule has 3 rings (SSSR count). The van der Waals surface area contributed by atoms with Crippen molar-refractivity contribution < 1.29 is 22.4 Å². The molecule has 8 heteroatoms. The zero-order chi connectivity index (χ0) is 20.3. The highest BCUT2D eigenvalue weighted by Gasteiger charge is 2.29. The van der Waals surface area contributed by atoms with Crippen LogP contribution in [0.4, 0.5) is 23.2 Å². The summed E-state index contributed by atoms with van der Waals surface area (Å²) in [5, 5.41) is 2.51. The van der Waals surface area contributed by atoms with E-state index < -0.39 is 29.0 Å². The zero-order valence-corrected chi connectivity index (χ0v) is 14.3. The summed E-state index contributed by atoms with van der Waals surface area (Å²) in [6.45, 7) is -0.00193. The smallest absolute Gasteiger partial charge is 0.322 e. The van der Waals surface area contributed by atoms with Crippen molar-refractivity contribution >= 4 is 11.6 Å². The van der Waals surface area contributed by atoms with E-state index in [0.717, 1.165) is 18.2 Å². The molecule has 0 fully saturated rings. The van der Waals surface area contributed by atoms with E-state index >= 15 is 0 Å². The predicted octanol–water partition coefficient (Wildman–Crippen LogP) is 4.31. The average Bonchev–Trinajstić information content (AvgIpc) is 2.63. The molecule has 0 aliphatic heterocycles. The van der Waals surface area contributed by atoms with Crippen LogP contribution in [0.5, 0.6) is 0 Å². The van der Waals surface area contributed by atoms with Gasteiger partial charge in [0.1, 0.15) is 5.82 Å². The summed E-state index contributed by atoms with van der Waals surface area (Å²) >= 11 is 0. The van der Waals surface area contributed by atoms with E-state index in [0.29, 0.717) is 5.56 Å². The van der Waals surface area contributed by atoms with Crippen LogP contribution in [-0.4, -0.2) is 10.5 Å². The molecule has 0 saturated carbocycles. The Balaban J connectivity index is 1.79. The number of benzene rings is 2. The van der Waals surface area contributed by atoms with Gasteiger partial charge in [-0.1, -0.05) is 18.2 Å². The Kier molecular flexibility index (Phi) is 5.30. The fraction of sp³-hybridized carbons (Fsp3) is 0.100. The number of pyridine rings is 1. The van der Waals surface area contributed by atoms with Crippen LogP contribution in [-0.2, 0) is 12.7 Å². The molecule has 4 nitrogen and oxygen atoms in total. The van der Waals surface area contributed by atoms with Crippen molar-refractivity contribution in [1.29, 1.82) is 0 Å². The number of nitrogens with one attached hydrogen (secondary N) is 1. The molecule has 0 unspecified atom stereocenters. The number of hydrogen-bond donors (Lipinski definition) is 1. The Morgan fingerprint density at radius 1 is 1.00 bits per heavy atom. The van der Waals surface area contributed by atoms with Crippen molar-refractivity contribution in [2.45, 2.75) is 12.7 Å². The lowest BCUT2D eigenvalue weighted by atomic mass is 10.1. The lowest BCUT2D eigenvalue weighted by molar-refractivity contribution is -0.137. The number of anilines is 1. The molecule has 144 valence electrons. The number of alkyl halides is 3. The summed E-state index contributed by atoms with van der Waals surface area (Å²) in [6.07, 6.45) is -3.14. The molecule has 0 aliphatic carbocycles. The molecular formula is C20H14F4N2O2. The lowest BCUT2D eigenvalue weighted by Crippen LogP contribution is -2.22. The summed E-state index contributed by atoms with van der Waals surface area (Å²) in [5.74, 6) is -1.06. The summed E-state index contributed by atoms with van der Waals surface area (Å²) in [5.41, 5.74) is -0.326. The molecule has 1 aromatic heterocycles. The van der Waals surface area contributed by atoms with Crippen molar-refractivity contribution in [3.63, 3.8) is 0 Å². The minimum atomic E-state index is -4.44. The molecule has 1 heterocycles. The molecule has 0 aliphatic rings. The Labute approximate surface area is 157 Å². The third-order valence-electron chi connectivity index (χ3n) is 3.96. The maximum atomic E-state index is 13.2. The van der Waals surface area contributed by atoms with E-state index in [1.165, 1.54) is 53.2 Å². The van der Waals surface area contributed by atoms with Gasteiger partial charge in [-0.25, -0.2) is 4.39 Å². The number of aromatic nitrogens is 1. The zero-order valence-electron chi connectivity index (χ0n) is 14.3. The fourth-order valence-corrected chi connectivity index (χ4v) is 2.55. The van der Waals surface area contributed by atoms with Crippen LogP contribution in [0.1, 0.15) is 21.5 Å². The predicted molar refractivity (Wildman–Crippen MR) is 95.6 cm³/mol. The number of hydrogen-bond acceptors (Lipinski definition) is 2. The van der Waals surface area contributed by atoms with Gasteiger partial charge in [-0.3, -0.25) is 9.59 Å². The van der Waals surface area contributed by atoms with Gasteiger partial charge in [-0.15, -0.1) is 0 Å². The number of rotatable bonds is 4. The first-order valence-electron chi connectivity index (χ1n) is 8.16. The van der Waals surface area contributed by atoms with Crippen LogP contribution in [0.2, 0.25) is 0 Å². The molecule has 0 radical (unpaired) electrons. The number of nitrogens with zero attached hydrogens (tertiary/aromatic N) is 1. The highest BCUT2D eigenvalue weighted by atomic mass is 19.4. The standard InChI is InChI=1S/C20H14F4N2O2/c21-16-2-1-3-17(10-16)25-19(28)14-6-9-18(27)26(12-14)11-13-4-7-15(8-5-13)20(22,23)24/h1-10,12H,11H2,(H,25,28). The van der Waals surface area contributed by atoms with Gasteiger partial charge in [0, 0.05) is 18.0 Å². The number of amides is 1. The van der Waals surface area contributed by atoms with Crippen molar-refractivity contribution in [2.75, 3.05) is 5.32 Å². The largest absolute Gasteiger partial charge is 0.416 e. The molecule has 2 aromatic carbocycles. The summed E-state index contributed by atoms with van der Waals surface area (Å²) in [4.78, 5) is 24.4. The third kappa shape index (κ3) is 4.64. The Morgan fingerprint density at radius 2 is 1.71 bits per heavy atom. The molecule has 1 N–H and O–H groups in total. The summed E-state index contributed by atoms with van der Waals surface area (Å²) in [6, 6.07) is 12.3. The second-order valence-corrected chi connectivity index (χ2v) is 6.04. The van der Waals surface area contributed by atoms with Crippen LogP contribution >= 0.6 is 0 Å². The van der Waals surface area contributed by atoms with E-state index in [9.17, 15) is 27.2 Å². The number of carbonyl (C=O) groups is 1. The van der Waals surface area contributed by atoms with Gasteiger partial charge in [0.05, 0.1) is 17.7 Å². The lowest BCUT2D eigenvalue weighted by Gasteiger charge is -2.11. The molecule has 3 aromatic rings. The van der Waals surface area contributed by atoms with Crippen LogP contribution in [0.15, 0.2) is 71.7 Å². The van der Waals surface area contributed by atoms with Crippen molar-refractivity contribution in [1.82, 2.24) is 4.57 Å². The summed E-state index contributed by atoms with van der Waals surface area (Å²) in [7, 11) is 0. The molecule has 28 heavy (non-hydrogen) atoms. The van der Waals surface area contributed by atoms with E-state index in [1.807, 2.05) is 0 Å². The van der Waals surface area contributed by atoms with Gasteiger partial charge < -0.3 is 9.88 Å². The monoisotopic (exact) mass is 390 g/mol. The van der Waals surface area contributed by atoms with E-state index in [4.69, 9.17) is 0 Å². The Morgan fingerprint density at radius 3 is 2.36 bits per heavy atom. The Hall–Kier alpha value is -3.42. The minimum Gasteiger partial charge on any atom is -0.322 e. The quantitative estimate of drug-likeness (QED) is 0.675. The van der Waals surface area contributed by atoms with Gasteiger partial charge in [0.25, 0.3) is 11.5 Å². The van der Waals surface area contributed by atoms with Gasteiger partial charge in [0.2, 0.25) is 0 Å². The molecule has 0 bridgehead atoms. The highest BCUT2D eigenvalue weighted by molar-refractivity contribution is 6.04. The molecule has 1 amide bonds. The minimum absolute atomic E-state index is 0.00193. The van der Waals surface area contributed by atoms with Crippen LogP contribution in [0.3, 0.4) is 0 Å². The Bertz CT molecular complexity index is 1060. The normalized spacial score (nSPS) is 11.3. The topological polar surface area (TPSA) is 51.1 Å². The molecule has 0 atom stereocenters. The third-order valence-corrected chi connectivity index (χ3v) is 3.96. The van der Waals surface area contributed by atoms with E-state index in [-0.39, 0.29) is 17.8 Å². The first-order valence-corrected chi connectivity index (χ1v) is 8.16. The van der Waals surface area contributed by atoms with Gasteiger partial charge in [-0.05, 0) is 42.0 Å². The molecular weight excluding hydrogens is 376 g/mol. The second-order valence-electron chi connectivity index (χ2n) is 6.04. The van der Waals surface area contributed by atoms with Crippen molar-refractivity contribution in [2.24, 2.45) is 0 Å². The van der Waals surface area contributed by atoms with Gasteiger partial charge >= 0.3 is 6.18 Å². The highest BCUT2D eigenvalue weighted by Crippen LogP contribution is 2.29. The maximum Gasteiger partial charge on any atom is 0.416 e. The number of halogens is 4. The van der Waals surface area contributed by atoms with Gasteiger partial charge in [-0.2, -0.15) is 13.2 Å². The van der Waals surface area contributed by atoms with Crippen LogP contribution in [0, 0.1) is 5.82 Å². The van der Waals surface area contributed by atoms with Crippen LogP contribution in [0.25, 0.3) is 0 Å². The SMILES string of the molecule is O=C(Nc1cccc(F)c1)c1ccc(=O)n(Cc2ccc(C(F)(F)F)cc2)c1. The van der Waals surface area contributed by atoms with E-state index in [1.54, 1.807) is 0 Å². The van der Waals surface area contributed by atoms with Gasteiger partial charge in [0.15, 0.2) is 0 Å². The van der Waals surface area contributed by atoms with Crippen LogP contribution < -0.4 is 10.9 Å². The average molecular weight is 390 g/mol. The first-order chi connectivity index (χ1) is 13.2. The fourth-order valence-electron chi connectivity index (χ4n) is 2.55. The van der Waals surface area contributed by atoms with Crippen molar-refractivity contribution in [3.05, 3.63) is 99.7 Å². The molecule has 0 spiro atoms. The first kappa shape index (κ1) is 19.3. The maximum absolute atomic E-state index is 13.2. The number of carbonyl (C=O) groups excluding carboxylic acids is 1. The van der Waals surface area contributed by atoms with E-state index in [2.05, 4.69) is 5.32 Å². The molecule has 0 saturated heterocycles. The van der Waals surface area contributed by atoms with Crippen molar-refractivity contribution in [3.8, 4) is 0 Å². The summed E-state index contributed by atoms with van der Waals surface area (Å²) < 4.78 is 52.3. The second kappa shape index (κ2) is 7.67.